The van der Waals surface area contributed by atoms with Crippen LogP contribution in [0.25, 0.3) is 5.57 Å². The summed E-state index contributed by atoms with van der Waals surface area (Å²) in [5, 5.41) is 13.1. The molecule has 1 saturated carbocycles. The van der Waals surface area contributed by atoms with Crippen LogP contribution in [-0.4, -0.2) is 51.3 Å². The minimum Gasteiger partial charge on any atom is -0.508 e. The topological polar surface area (TPSA) is 95.4 Å². The third-order valence-electron chi connectivity index (χ3n) is 9.44. The Kier molecular flexibility index (Phi) is 11.9. The zero-order valence-corrected chi connectivity index (χ0v) is 26.9. The number of aryl methyl sites for hydroxylation is 1. The maximum absolute atomic E-state index is 13.4. The van der Waals surface area contributed by atoms with E-state index >= 15 is 0 Å². The summed E-state index contributed by atoms with van der Waals surface area (Å²) in [6, 6.07) is 7.04. The second-order valence-corrected chi connectivity index (χ2v) is 12.6. The van der Waals surface area contributed by atoms with Crippen LogP contribution in [-0.2, 0) is 16.0 Å². The minimum atomic E-state index is -0.503. The molecule has 2 heterocycles. The molecule has 4 rings (SSSR count). The molecular weight excluding hydrogens is 548 g/mol. The Bertz CT molecular complexity index is 1410. The summed E-state index contributed by atoms with van der Waals surface area (Å²) >= 11 is 0. The lowest BCUT2D eigenvalue weighted by Crippen LogP contribution is -2.39. The lowest BCUT2D eigenvalue weighted by molar-refractivity contribution is -0.126. The summed E-state index contributed by atoms with van der Waals surface area (Å²) in [4.78, 5) is 37.3. The second kappa shape index (κ2) is 15.8. The molecule has 1 aliphatic heterocycles. The summed E-state index contributed by atoms with van der Waals surface area (Å²) < 4.78 is 0. The van der Waals surface area contributed by atoms with Crippen LogP contribution in [0.4, 0.5) is 5.69 Å². The van der Waals surface area contributed by atoms with Crippen molar-refractivity contribution in [1.82, 2.24) is 14.9 Å². The molecule has 7 nitrogen and oxygen atoms in total. The number of ketones is 1. The average molecular weight is 597 g/mol. The van der Waals surface area contributed by atoms with Gasteiger partial charge in [0.1, 0.15) is 11.5 Å². The van der Waals surface area contributed by atoms with Crippen LogP contribution in [0.2, 0.25) is 0 Å². The molecule has 0 bridgehead atoms. The normalized spacial score (nSPS) is 22.7. The first kappa shape index (κ1) is 33.1. The predicted octanol–water partition coefficient (Wildman–Crippen LogP) is 6.99. The third kappa shape index (κ3) is 8.89. The Morgan fingerprint density at radius 2 is 1.80 bits per heavy atom. The smallest absolute Gasteiger partial charge is 0.231 e. The van der Waals surface area contributed by atoms with Gasteiger partial charge in [0.2, 0.25) is 5.91 Å². The van der Waals surface area contributed by atoms with Gasteiger partial charge in [0.15, 0.2) is 5.82 Å². The molecule has 2 N–H and O–H groups in total. The molecular formula is C37H48N4O3. The van der Waals surface area contributed by atoms with E-state index in [9.17, 15) is 14.7 Å². The summed E-state index contributed by atoms with van der Waals surface area (Å²) in [6.45, 7) is 9.71. The van der Waals surface area contributed by atoms with Gasteiger partial charge in [0, 0.05) is 36.6 Å². The van der Waals surface area contributed by atoms with E-state index in [1.807, 2.05) is 32.9 Å². The number of nitrogens with one attached hydrogen (secondary N) is 1. The molecule has 1 amide bonds. The standard InChI is InChI=1S/C37H48N4O3/c1-5-9-28(11-10-27(4)35-38-19-8-20-39-35)22-29-12-14-30(15-13-29)23-33(42)25-41-21-18-37(7-3,26-41)36(44)40-32-16-17-34(43)31(6-2)24-32/h8,10-11,16-17,19-20,24,29-30,43H,6-7,12-15,18,21-23,25-26H2,1-4H3,(H,40,44). The zero-order chi connectivity index (χ0) is 31.5. The third-order valence-corrected chi connectivity index (χ3v) is 9.44. The molecule has 2 aromatic rings. The number of nitrogens with zero attached hydrogens (tertiary/aromatic N) is 3. The molecule has 1 saturated heterocycles. The van der Waals surface area contributed by atoms with Crippen LogP contribution in [0, 0.1) is 29.1 Å². The van der Waals surface area contributed by atoms with Gasteiger partial charge in [-0.1, -0.05) is 31.9 Å². The van der Waals surface area contributed by atoms with E-state index in [0.717, 1.165) is 74.0 Å². The van der Waals surface area contributed by atoms with E-state index in [1.54, 1.807) is 24.5 Å². The highest BCUT2D eigenvalue weighted by Gasteiger charge is 2.43. The number of allylic oxidation sites excluding steroid dienone is 4. The monoisotopic (exact) mass is 596 g/mol. The van der Waals surface area contributed by atoms with Crippen molar-refractivity contribution in [2.45, 2.75) is 85.5 Å². The Hall–Kier alpha value is -3.76. The molecule has 2 fully saturated rings. The molecule has 1 aromatic carbocycles. The number of aromatic nitrogens is 2. The van der Waals surface area contributed by atoms with Gasteiger partial charge in [0.25, 0.3) is 0 Å². The van der Waals surface area contributed by atoms with Crippen molar-refractivity contribution < 1.29 is 14.7 Å². The highest BCUT2D eigenvalue weighted by Crippen LogP contribution is 2.37. The number of carbonyl (C=O) groups excluding carboxylic acids is 2. The van der Waals surface area contributed by atoms with Crippen LogP contribution in [0.1, 0.15) is 90.4 Å². The number of rotatable bonds is 12. The van der Waals surface area contributed by atoms with Crippen molar-refractivity contribution in [3.05, 3.63) is 65.8 Å². The zero-order valence-electron chi connectivity index (χ0n) is 26.9. The molecule has 1 unspecified atom stereocenters. The van der Waals surface area contributed by atoms with Crippen LogP contribution < -0.4 is 5.32 Å². The maximum Gasteiger partial charge on any atom is 0.231 e. The highest BCUT2D eigenvalue weighted by molar-refractivity contribution is 5.96. The van der Waals surface area contributed by atoms with Gasteiger partial charge in [-0.15, -0.1) is 5.92 Å². The van der Waals surface area contributed by atoms with Gasteiger partial charge in [0.05, 0.1) is 12.0 Å². The lowest BCUT2D eigenvalue weighted by Gasteiger charge is -2.29. The van der Waals surface area contributed by atoms with E-state index < -0.39 is 5.41 Å². The fourth-order valence-corrected chi connectivity index (χ4v) is 6.65. The van der Waals surface area contributed by atoms with Crippen molar-refractivity contribution in [1.29, 1.82) is 0 Å². The SMILES string of the molecule is CC#CC(=CC=C(C)c1ncccn1)CC1CCC(CC(=O)CN2CCC(CC)(C(=O)Nc3ccc(O)c(CC)c3)C2)CC1. The fourth-order valence-electron chi connectivity index (χ4n) is 6.65. The van der Waals surface area contributed by atoms with Crippen molar-refractivity contribution in [3.63, 3.8) is 0 Å². The molecule has 44 heavy (non-hydrogen) atoms. The Morgan fingerprint density at radius 1 is 1.09 bits per heavy atom. The van der Waals surface area contributed by atoms with Crippen molar-refractivity contribution in [3.8, 4) is 17.6 Å². The summed E-state index contributed by atoms with van der Waals surface area (Å²) in [6.07, 6.45) is 15.8. The van der Waals surface area contributed by atoms with Crippen molar-refractivity contribution in [2.24, 2.45) is 17.3 Å². The second-order valence-electron chi connectivity index (χ2n) is 12.6. The van der Waals surface area contributed by atoms with Crippen LogP contribution in [0.15, 0.2) is 54.4 Å². The Labute approximate surface area is 263 Å². The number of phenols is 1. The van der Waals surface area contributed by atoms with E-state index in [4.69, 9.17) is 0 Å². The molecule has 234 valence electrons. The van der Waals surface area contributed by atoms with Gasteiger partial charge >= 0.3 is 0 Å². The predicted molar refractivity (Wildman–Crippen MR) is 177 cm³/mol. The van der Waals surface area contributed by atoms with Gasteiger partial charge in [-0.2, -0.15) is 0 Å². The van der Waals surface area contributed by atoms with Crippen molar-refractivity contribution >= 4 is 23.0 Å². The molecule has 0 radical (unpaired) electrons. The minimum absolute atomic E-state index is 0.00115. The van der Waals surface area contributed by atoms with E-state index in [-0.39, 0.29) is 17.4 Å². The first-order valence-electron chi connectivity index (χ1n) is 16.2. The number of phenolic OH excluding ortho intramolecular Hbond substituents is 1. The average Bonchev–Trinajstić information content (AvgIpc) is 3.46. The summed E-state index contributed by atoms with van der Waals surface area (Å²) in [5.41, 5.74) is 3.17. The number of Topliss-reactive ketones (excluding diaryl/α,β-unsaturated/α-hetero) is 1. The quantitative estimate of drug-likeness (QED) is 0.156. The Balaban J connectivity index is 1.23. The molecule has 1 aromatic heterocycles. The lowest BCUT2D eigenvalue weighted by atomic mass is 9.77. The summed E-state index contributed by atoms with van der Waals surface area (Å²) in [5.74, 6) is 8.64. The number of hydrogen-bond donors (Lipinski definition) is 2. The highest BCUT2D eigenvalue weighted by atomic mass is 16.3. The number of anilines is 1. The number of aromatic hydroxyl groups is 1. The van der Waals surface area contributed by atoms with Gasteiger partial charge < -0.3 is 10.4 Å². The van der Waals surface area contributed by atoms with Crippen LogP contribution >= 0.6 is 0 Å². The Morgan fingerprint density at radius 3 is 2.45 bits per heavy atom. The fraction of sp³-hybridized carbons (Fsp3) is 0.514. The van der Waals surface area contributed by atoms with Gasteiger partial charge in [-0.3, -0.25) is 14.5 Å². The molecule has 1 atom stereocenters. The molecule has 1 aliphatic carbocycles. The largest absolute Gasteiger partial charge is 0.508 e. The number of benzene rings is 1. The maximum atomic E-state index is 13.4. The van der Waals surface area contributed by atoms with Gasteiger partial charge in [-0.05, 0) is 119 Å². The van der Waals surface area contributed by atoms with Crippen molar-refractivity contribution in [2.75, 3.05) is 25.0 Å². The van der Waals surface area contributed by atoms with E-state index in [2.05, 4.69) is 51.1 Å². The van der Waals surface area contributed by atoms with E-state index in [0.29, 0.717) is 43.5 Å². The van der Waals surface area contributed by atoms with E-state index in [1.165, 1.54) is 0 Å². The summed E-state index contributed by atoms with van der Waals surface area (Å²) in [7, 11) is 0. The van der Waals surface area contributed by atoms with Crippen LogP contribution in [0.3, 0.4) is 0 Å². The number of amides is 1. The number of carbonyl (C=O) groups is 2. The molecule has 2 aliphatic rings. The first-order valence-corrected chi connectivity index (χ1v) is 16.2. The number of hydrogen-bond acceptors (Lipinski definition) is 6. The van der Waals surface area contributed by atoms with Crippen LogP contribution in [0.5, 0.6) is 5.75 Å². The molecule has 7 heteroatoms. The molecule has 0 spiro atoms. The number of likely N-dealkylation sites (tertiary alicyclic amines) is 1. The van der Waals surface area contributed by atoms with Gasteiger partial charge in [-0.25, -0.2) is 9.97 Å². The first-order chi connectivity index (χ1) is 21.2.